The van der Waals surface area contributed by atoms with Crippen molar-refractivity contribution >= 4 is 10.1 Å². The smallest absolute Gasteiger partial charge is 0.269 e. The van der Waals surface area contributed by atoms with Crippen molar-refractivity contribution < 1.29 is 17.3 Å². The minimum absolute atomic E-state index is 0.0343. The van der Waals surface area contributed by atoms with E-state index in [2.05, 4.69) is 15.5 Å². The first-order valence-electron chi connectivity index (χ1n) is 3.61. The molecule has 0 fully saturated rings. The van der Waals surface area contributed by atoms with Crippen LogP contribution in [0.1, 0.15) is 13.8 Å². The lowest BCUT2D eigenvalue weighted by Gasteiger charge is -2.07. The molecule has 4 nitrogen and oxygen atoms in total. The van der Waals surface area contributed by atoms with Gasteiger partial charge < -0.3 is 4.74 Å². The van der Waals surface area contributed by atoms with Crippen molar-refractivity contribution in [1.29, 1.82) is 0 Å². The van der Waals surface area contributed by atoms with Crippen molar-refractivity contribution in [2.45, 2.75) is 19.1 Å². The van der Waals surface area contributed by atoms with Gasteiger partial charge in [0.15, 0.2) is 0 Å². The quantitative estimate of drug-likeness (QED) is 0.358. The summed E-state index contributed by atoms with van der Waals surface area (Å²) in [5.41, 5.74) is 0. The highest BCUT2D eigenvalue weighted by molar-refractivity contribution is 7.87. The first-order valence-corrected chi connectivity index (χ1v) is 5.08. The monoisotopic (exact) mass is 194 g/mol. The van der Waals surface area contributed by atoms with E-state index < -0.39 is 15.4 Å². The largest absolute Gasteiger partial charge is 0.499 e. The molecule has 0 rings (SSSR count). The van der Waals surface area contributed by atoms with Crippen molar-refractivity contribution in [3.8, 4) is 0 Å². The van der Waals surface area contributed by atoms with Gasteiger partial charge in [-0.05, 0) is 13.8 Å². The van der Waals surface area contributed by atoms with Gasteiger partial charge in [-0.15, -0.1) is 0 Å². The Morgan fingerprint density at radius 1 is 1.42 bits per heavy atom. The Kier molecular flexibility index (Phi) is 4.92. The van der Waals surface area contributed by atoms with E-state index in [1.165, 1.54) is 6.26 Å². The van der Waals surface area contributed by atoms with E-state index in [-0.39, 0.29) is 13.2 Å². The van der Waals surface area contributed by atoms with Crippen LogP contribution in [0.2, 0.25) is 0 Å². The molecule has 0 saturated carbocycles. The molecule has 0 aromatic carbocycles. The summed E-state index contributed by atoms with van der Waals surface area (Å²) in [6, 6.07) is 0. The summed E-state index contributed by atoms with van der Waals surface area (Å²) in [5.74, 6) is 0. The van der Waals surface area contributed by atoms with E-state index in [0.29, 0.717) is 0 Å². The first-order chi connectivity index (χ1) is 5.50. The molecule has 0 aliphatic heterocycles. The molecular formula is C7H14O4S. The molecule has 0 atom stereocenters. The minimum Gasteiger partial charge on any atom is -0.499 e. The molecule has 0 saturated heterocycles. The van der Waals surface area contributed by atoms with Gasteiger partial charge in [0.1, 0.15) is 13.2 Å². The van der Waals surface area contributed by atoms with Gasteiger partial charge in [0.25, 0.3) is 10.1 Å². The van der Waals surface area contributed by atoms with E-state index in [9.17, 15) is 8.42 Å². The maximum atomic E-state index is 11.0. The number of hydrogen-bond acceptors (Lipinski definition) is 4. The maximum absolute atomic E-state index is 11.0. The SMILES string of the molecule is C=COCCOS(=O)(=O)C(C)C. The lowest BCUT2D eigenvalue weighted by molar-refractivity contribution is 0.182. The van der Waals surface area contributed by atoms with Crippen LogP contribution < -0.4 is 0 Å². The van der Waals surface area contributed by atoms with Crippen molar-refractivity contribution in [3.63, 3.8) is 0 Å². The topological polar surface area (TPSA) is 52.6 Å². The average Bonchev–Trinajstić information content (AvgIpc) is 1.98. The van der Waals surface area contributed by atoms with Crippen molar-refractivity contribution in [2.75, 3.05) is 13.2 Å². The van der Waals surface area contributed by atoms with Gasteiger partial charge in [0, 0.05) is 0 Å². The van der Waals surface area contributed by atoms with E-state index in [0.717, 1.165) is 0 Å². The highest BCUT2D eigenvalue weighted by atomic mass is 32.2. The van der Waals surface area contributed by atoms with Gasteiger partial charge in [0.2, 0.25) is 0 Å². The Morgan fingerprint density at radius 3 is 2.42 bits per heavy atom. The Balaban J connectivity index is 3.70. The normalized spacial score (nSPS) is 11.6. The van der Waals surface area contributed by atoms with Crippen LogP contribution in [0, 0.1) is 0 Å². The van der Waals surface area contributed by atoms with Crippen LogP contribution in [0.3, 0.4) is 0 Å². The zero-order valence-electron chi connectivity index (χ0n) is 7.32. The molecule has 0 bridgehead atoms. The number of rotatable bonds is 6. The van der Waals surface area contributed by atoms with Crippen LogP contribution in [0.25, 0.3) is 0 Å². The molecule has 0 aromatic heterocycles. The first kappa shape index (κ1) is 11.4. The highest BCUT2D eigenvalue weighted by Crippen LogP contribution is 2.01. The second-order valence-electron chi connectivity index (χ2n) is 2.40. The maximum Gasteiger partial charge on any atom is 0.269 e. The van der Waals surface area contributed by atoms with Gasteiger partial charge in [-0.2, -0.15) is 8.42 Å². The Morgan fingerprint density at radius 2 is 2.00 bits per heavy atom. The van der Waals surface area contributed by atoms with E-state index in [1.54, 1.807) is 13.8 Å². The second kappa shape index (κ2) is 5.16. The van der Waals surface area contributed by atoms with E-state index in [4.69, 9.17) is 0 Å². The second-order valence-corrected chi connectivity index (χ2v) is 4.57. The predicted molar refractivity (Wildman–Crippen MR) is 46.2 cm³/mol. The van der Waals surface area contributed by atoms with Crippen molar-refractivity contribution in [3.05, 3.63) is 12.8 Å². The van der Waals surface area contributed by atoms with Crippen LogP contribution in [-0.2, 0) is 19.0 Å². The van der Waals surface area contributed by atoms with Gasteiger partial charge >= 0.3 is 0 Å². The molecule has 0 amide bonds. The molecule has 5 heteroatoms. The lowest BCUT2D eigenvalue weighted by atomic mass is 10.6. The van der Waals surface area contributed by atoms with Gasteiger partial charge in [-0.1, -0.05) is 6.58 Å². The predicted octanol–water partition coefficient (Wildman–Crippen LogP) is 0.901. The molecule has 72 valence electrons. The number of hydrogen-bond donors (Lipinski definition) is 0. The molecule has 0 aromatic rings. The molecule has 0 unspecified atom stereocenters. The third-order valence-corrected chi connectivity index (χ3v) is 2.79. The zero-order chi connectivity index (χ0) is 9.61. The molecule has 0 heterocycles. The summed E-state index contributed by atoms with van der Waals surface area (Å²) < 4.78 is 31.3. The van der Waals surface area contributed by atoms with Crippen molar-refractivity contribution in [1.82, 2.24) is 0 Å². The summed E-state index contributed by atoms with van der Waals surface area (Å²) in [4.78, 5) is 0. The fraction of sp³-hybridized carbons (Fsp3) is 0.714. The van der Waals surface area contributed by atoms with Crippen LogP contribution in [0.4, 0.5) is 0 Å². The van der Waals surface area contributed by atoms with Gasteiger partial charge in [-0.25, -0.2) is 0 Å². The van der Waals surface area contributed by atoms with Gasteiger partial charge in [-0.3, -0.25) is 4.18 Å². The van der Waals surface area contributed by atoms with E-state index in [1.807, 2.05) is 0 Å². The van der Waals surface area contributed by atoms with Gasteiger partial charge in [0.05, 0.1) is 11.5 Å². The average molecular weight is 194 g/mol. The molecular weight excluding hydrogens is 180 g/mol. The molecule has 0 N–H and O–H groups in total. The molecule has 0 spiro atoms. The number of ether oxygens (including phenoxy) is 1. The third-order valence-electron chi connectivity index (χ3n) is 1.14. The minimum atomic E-state index is -3.39. The highest BCUT2D eigenvalue weighted by Gasteiger charge is 2.15. The summed E-state index contributed by atoms with van der Waals surface area (Å²) in [6.07, 6.45) is 1.24. The molecule has 0 radical (unpaired) electrons. The lowest BCUT2D eigenvalue weighted by Crippen LogP contribution is -2.19. The summed E-state index contributed by atoms with van der Waals surface area (Å²) in [7, 11) is -3.39. The summed E-state index contributed by atoms with van der Waals surface area (Å²) >= 11 is 0. The molecule has 0 aliphatic carbocycles. The fourth-order valence-corrected chi connectivity index (χ4v) is 0.990. The molecule has 0 aliphatic rings. The van der Waals surface area contributed by atoms with Crippen LogP contribution in [-0.4, -0.2) is 26.9 Å². The Hall–Kier alpha value is -0.550. The van der Waals surface area contributed by atoms with E-state index >= 15 is 0 Å². The molecule has 12 heavy (non-hydrogen) atoms. The zero-order valence-corrected chi connectivity index (χ0v) is 8.13. The van der Waals surface area contributed by atoms with Crippen LogP contribution in [0.5, 0.6) is 0 Å². The third kappa shape index (κ3) is 4.35. The van der Waals surface area contributed by atoms with Crippen LogP contribution >= 0.6 is 0 Å². The Bertz CT molecular complexity index is 218. The standard InChI is InChI=1S/C7H14O4S/c1-4-10-5-6-11-12(8,9)7(2)3/h4,7H,1,5-6H2,2-3H3. The Labute approximate surface area is 73.3 Å². The van der Waals surface area contributed by atoms with Crippen molar-refractivity contribution in [2.24, 2.45) is 0 Å². The van der Waals surface area contributed by atoms with Crippen LogP contribution in [0.15, 0.2) is 12.8 Å². The fourth-order valence-electron chi connectivity index (χ4n) is 0.418. The summed E-state index contributed by atoms with van der Waals surface area (Å²) in [6.45, 7) is 6.66. The summed E-state index contributed by atoms with van der Waals surface area (Å²) in [5, 5.41) is -0.513.